The number of hydrogen-bond donors (Lipinski definition) is 2. The van der Waals surface area contributed by atoms with Crippen molar-refractivity contribution in [1.29, 1.82) is 0 Å². The lowest BCUT2D eigenvalue weighted by atomic mass is 9.93. The highest BCUT2D eigenvalue weighted by Gasteiger charge is 2.25. The van der Waals surface area contributed by atoms with Gasteiger partial charge in [-0.15, -0.1) is 0 Å². The second-order valence-electron chi connectivity index (χ2n) is 4.56. The molecule has 0 radical (unpaired) electrons. The SMILES string of the molecule is Cc1cc2c(c(-c3cnoc3N)c1C)NC(=O)C2. The Balaban J connectivity index is 2.33. The number of benzene rings is 1. The topological polar surface area (TPSA) is 81.2 Å². The number of nitrogens with zero attached hydrogens (tertiary/aromatic N) is 1. The third-order valence-corrected chi connectivity index (χ3v) is 3.41. The van der Waals surface area contributed by atoms with Gasteiger partial charge in [-0.3, -0.25) is 4.79 Å². The van der Waals surface area contributed by atoms with Crippen LogP contribution in [0.15, 0.2) is 16.8 Å². The van der Waals surface area contributed by atoms with Crippen molar-refractivity contribution in [3.63, 3.8) is 0 Å². The fourth-order valence-electron chi connectivity index (χ4n) is 2.40. The van der Waals surface area contributed by atoms with Crippen molar-refractivity contribution in [2.45, 2.75) is 20.3 Å². The van der Waals surface area contributed by atoms with Crippen LogP contribution in [0.4, 0.5) is 11.6 Å². The van der Waals surface area contributed by atoms with Gasteiger partial charge < -0.3 is 15.6 Å². The van der Waals surface area contributed by atoms with Crippen molar-refractivity contribution >= 4 is 17.5 Å². The van der Waals surface area contributed by atoms with Gasteiger partial charge >= 0.3 is 0 Å². The number of anilines is 2. The van der Waals surface area contributed by atoms with Crippen LogP contribution in [-0.4, -0.2) is 11.1 Å². The molecule has 2 aromatic rings. The number of fused-ring (bicyclic) bond motifs is 1. The molecule has 1 aromatic heterocycles. The Labute approximate surface area is 104 Å². The van der Waals surface area contributed by atoms with E-state index in [2.05, 4.69) is 10.5 Å². The predicted octanol–water partition coefficient (Wildman–Crippen LogP) is 2.04. The molecule has 5 nitrogen and oxygen atoms in total. The number of aryl methyl sites for hydroxylation is 1. The second-order valence-corrected chi connectivity index (χ2v) is 4.56. The van der Waals surface area contributed by atoms with E-state index in [0.29, 0.717) is 6.42 Å². The number of nitrogens with two attached hydrogens (primary N) is 1. The lowest BCUT2D eigenvalue weighted by Crippen LogP contribution is -2.04. The lowest BCUT2D eigenvalue weighted by Gasteiger charge is -2.13. The van der Waals surface area contributed by atoms with Crippen molar-refractivity contribution < 1.29 is 9.32 Å². The molecule has 0 saturated carbocycles. The molecule has 0 bridgehead atoms. The average Bonchev–Trinajstić information content (AvgIpc) is 2.86. The highest BCUT2D eigenvalue weighted by Crippen LogP contribution is 2.41. The molecular weight excluding hydrogens is 230 g/mol. The van der Waals surface area contributed by atoms with Crippen LogP contribution in [0.2, 0.25) is 0 Å². The van der Waals surface area contributed by atoms with E-state index in [0.717, 1.165) is 33.5 Å². The summed E-state index contributed by atoms with van der Waals surface area (Å²) in [5.41, 5.74) is 11.5. The van der Waals surface area contributed by atoms with Crippen molar-refractivity contribution in [2.75, 3.05) is 11.1 Å². The number of aromatic nitrogens is 1. The molecule has 0 spiro atoms. The lowest BCUT2D eigenvalue weighted by molar-refractivity contribution is -0.115. The van der Waals surface area contributed by atoms with Gasteiger partial charge in [-0.1, -0.05) is 11.2 Å². The van der Waals surface area contributed by atoms with Gasteiger partial charge in [-0.05, 0) is 30.5 Å². The number of nitrogen functional groups attached to an aromatic ring is 1. The predicted molar refractivity (Wildman–Crippen MR) is 68.2 cm³/mol. The summed E-state index contributed by atoms with van der Waals surface area (Å²) < 4.78 is 4.92. The molecule has 0 aliphatic carbocycles. The Bertz CT molecular complexity index is 658. The summed E-state index contributed by atoms with van der Waals surface area (Å²) in [5.74, 6) is 0.276. The molecule has 0 fully saturated rings. The molecule has 5 heteroatoms. The van der Waals surface area contributed by atoms with Gasteiger partial charge in [0.05, 0.1) is 23.9 Å². The molecule has 1 aliphatic rings. The second kappa shape index (κ2) is 3.60. The first-order valence-electron chi connectivity index (χ1n) is 5.71. The van der Waals surface area contributed by atoms with Crippen molar-refractivity contribution in [2.24, 2.45) is 0 Å². The molecule has 0 unspecified atom stereocenters. The summed E-state index contributed by atoms with van der Waals surface area (Å²) in [4.78, 5) is 11.5. The fourth-order valence-corrected chi connectivity index (χ4v) is 2.40. The minimum Gasteiger partial charge on any atom is -0.367 e. The molecule has 92 valence electrons. The van der Waals surface area contributed by atoms with Crippen molar-refractivity contribution in [3.05, 3.63) is 29.0 Å². The third-order valence-electron chi connectivity index (χ3n) is 3.41. The number of rotatable bonds is 1. The third kappa shape index (κ3) is 1.40. The first kappa shape index (κ1) is 10.8. The molecule has 3 N–H and O–H groups in total. The van der Waals surface area contributed by atoms with Crippen LogP contribution in [0.5, 0.6) is 0 Å². The highest BCUT2D eigenvalue weighted by molar-refractivity contribution is 6.05. The van der Waals surface area contributed by atoms with Crippen molar-refractivity contribution in [1.82, 2.24) is 5.16 Å². The number of nitrogens with one attached hydrogen (secondary N) is 1. The summed E-state index contributed by atoms with van der Waals surface area (Å²) in [6, 6.07) is 2.04. The quantitative estimate of drug-likeness (QED) is 0.803. The van der Waals surface area contributed by atoms with Gasteiger partial charge in [-0.25, -0.2) is 0 Å². The van der Waals surface area contributed by atoms with Crippen LogP contribution in [0.1, 0.15) is 16.7 Å². The summed E-state index contributed by atoms with van der Waals surface area (Å²) in [6.07, 6.45) is 2.00. The molecule has 1 aromatic carbocycles. The standard InChI is InChI=1S/C13H13N3O2/c1-6-3-8-4-10(17)16-12(8)11(7(6)2)9-5-15-18-13(9)14/h3,5H,4,14H2,1-2H3,(H,16,17). The monoisotopic (exact) mass is 243 g/mol. The molecule has 0 atom stereocenters. The van der Waals surface area contributed by atoms with E-state index in [9.17, 15) is 4.79 Å². The van der Waals surface area contributed by atoms with Gasteiger partial charge in [0.1, 0.15) is 0 Å². The maximum atomic E-state index is 11.5. The largest absolute Gasteiger partial charge is 0.367 e. The summed E-state index contributed by atoms with van der Waals surface area (Å²) in [6.45, 7) is 4.02. The van der Waals surface area contributed by atoms with E-state index < -0.39 is 0 Å². The first-order chi connectivity index (χ1) is 8.58. The Morgan fingerprint density at radius 3 is 2.89 bits per heavy atom. The zero-order valence-electron chi connectivity index (χ0n) is 10.2. The van der Waals surface area contributed by atoms with Crippen molar-refractivity contribution in [3.8, 4) is 11.1 Å². The molecule has 2 heterocycles. The fraction of sp³-hybridized carbons (Fsp3) is 0.231. The van der Waals surface area contributed by atoms with Crippen LogP contribution >= 0.6 is 0 Å². The van der Waals surface area contributed by atoms with Crippen LogP contribution < -0.4 is 11.1 Å². The van der Waals surface area contributed by atoms with Crippen LogP contribution in [0.3, 0.4) is 0 Å². The zero-order valence-corrected chi connectivity index (χ0v) is 10.2. The molecule has 18 heavy (non-hydrogen) atoms. The Morgan fingerprint density at radius 2 is 2.22 bits per heavy atom. The molecule has 1 amide bonds. The molecule has 3 rings (SSSR count). The highest BCUT2D eigenvalue weighted by atomic mass is 16.5. The summed E-state index contributed by atoms with van der Waals surface area (Å²) in [5, 5.41) is 6.59. The number of hydrogen-bond acceptors (Lipinski definition) is 4. The van der Waals surface area contributed by atoms with E-state index in [-0.39, 0.29) is 11.8 Å². The average molecular weight is 243 g/mol. The van der Waals surface area contributed by atoms with Crippen LogP contribution in [0.25, 0.3) is 11.1 Å². The Morgan fingerprint density at radius 1 is 1.44 bits per heavy atom. The normalized spacial score (nSPS) is 13.6. The van der Waals surface area contributed by atoms with E-state index in [1.165, 1.54) is 0 Å². The Hall–Kier alpha value is -2.30. The molecule has 1 aliphatic heterocycles. The Kier molecular flexibility index (Phi) is 2.16. The van der Waals surface area contributed by atoms with Gasteiger partial charge in [0, 0.05) is 5.56 Å². The van der Waals surface area contributed by atoms with Gasteiger partial charge in [0.25, 0.3) is 0 Å². The maximum absolute atomic E-state index is 11.5. The van der Waals surface area contributed by atoms with Crippen LogP contribution in [-0.2, 0) is 11.2 Å². The molecular formula is C13H13N3O2. The zero-order chi connectivity index (χ0) is 12.9. The minimum atomic E-state index is 0.00581. The van der Waals surface area contributed by atoms with Gasteiger partial charge in [-0.2, -0.15) is 0 Å². The van der Waals surface area contributed by atoms with Crippen LogP contribution in [0, 0.1) is 13.8 Å². The maximum Gasteiger partial charge on any atom is 0.230 e. The number of amides is 1. The summed E-state index contributed by atoms with van der Waals surface area (Å²) >= 11 is 0. The van der Waals surface area contributed by atoms with E-state index in [1.807, 2.05) is 19.9 Å². The number of carbonyl (C=O) groups is 1. The summed E-state index contributed by atoms with van der Waals surface area (Å²) in [7, 11) is 0. The number of carbonyl (C=O) groups excluding carboxylic acids is 1. The van der Waals surface area contributed by atoms with E-state index in [4.69, 9.17) is 10.3 Å². The van der Waals surface area contributed by atoms with E-state index >= 15 is 0 Å². The first-order valence-corrected chi connectivity index (χ1v) is 5.71. The van der Waals surface area contributed by atoms with Gasteiger partial charge in [0.2, 0.25) is 11.8 Å². The molecule has 0 saturated heterocycles. The van der Waals surface area contributed by atoms with E-state index in [1.54, 1.807) is 6.20 Å². The smallest absolute Gasteiger partial charge is 0.230 e. The minimum absolute atomic E-state index is 0.00581. The van der Waals surface area contributed by atoms with Gasteiger partial charge in [0.15, 0.2) is 0 Å².